The van der Waals surface area contributed by atoms with Crippen LogP contribution >= 0.6 is 0 Å². The molecule has 0 aromatic carbocycles. The van der Waals surface area contributed by atoms with Crippen molar-refractivity contribution >= 4 is 11.8 Å². The first-order chi connectivity index (χ1) is 9.39. The maximum absolute atomic E-state index is 12.3. The zero-order valence-electron chi connectivity index (χ0n) is 12.0. The smallest absolute Gasteiger partial charge is 0.287 e. The number of hydrogen-bond donors (Lipinski definition) is 1. The van der Waals surface area contributed by atoms with Gasteiger partial charge in [0, 0.05) is 13.1 Å². The van der Waals surface area contributed by atoms with Gasteiger partial charge in [-0.15, -0.1) is 0 Å². The van der Waals surface area contributed by atoms with E-state index < -0.39 is 6.04 Å². The van der Waals surface area contributed by atoms with E-state index in [1.54, 1.807) is 24.0 Å². The van der Waals surface area contributed by atoms with Crippen LogP contribution in [-0.4, -0.2) is 48.1 Å². The molecule has 1 saturated heterocycles. The summed E-state index contributed by atoms with van der Waals surface area (Å²) in [6.07, 6.45) is 1.42. The Morgan fingerprint density at radius 2 is 2.20 bits per heavy atom. The summed E-state index contributed by atoms with van der Waals surface area (Å²) < 4.78 is 10.6. The number of carbonyl (C=O) groups excluding carboxylic acids is 2. The van der Waals surface area contributed by atoms with Crippen molar-refractivity contribution in [3.63, 3.8) is 0 Å². The Kier molecular flexibility index (Phi) is 4.13. The fraction of sp³-hybridized carbons (Fsp3) is 0.571. The molecule has 1 N–H and O–H groups in total. The van der Waals surface area contributed by atoms with Gasteiger partial charge in [-0.05, 0) is 32.9 Å². The molecule has 6 heteroatoms. The van der Waals surface area contributed by atoms with E-state index in [4.69, 9.17) is 9.15 Å². The number of nitrogens with one attached hydrogen (secondary N) is 1. The Morgan fingerprint density at radius 1 is 1.45 bits per heavy atom. The predicted octanol–water partition coefficient (Wildman–Crippen LogP) is 1.04. The predicted molar refractivity (Wildman–Crippen MR) is 72.2 cm³/mol. The maximum Gasteiger partial charge on any atom is 0.287 e. The largest absolute Gasteiger partial charge is 0.459 e. The van der Waals surface area contributed by atoms with E-state index in [0.717, 1.165) is 0 Å². The number of ether oxygens (including phenoxy) is 1. The molecule has 1 fully saturated rings. The molecule has 2 amide bonds. The number of amides is 2. The Hall–Kier alpha value is -1.82. The van der Waals surface area contributed by atoms with Crippen LogP contribution in [0.5, 0.6) is 0 Å². The number of nitrogens with zero attached hydrogens (tertiary/aromatic N) is 1. The van der Waals surface area contributed by atoms with Crippen molar-refractivity contribution < 1.29 is 18.7 Å². The van der Waals surface area contributed by atoms with E-state index in [1.807, 2.05) is 13.8 Å². The molecule has 6 nitrogen and oxygen atoms in total. The Labute approximate surface area is 118 Å². The molecule has 2 rings (SSSR count). The van der Waals surface area contributed by atoms with Gasteiger partial charge in [0.1, 0.15) is 6.04 Å². The minimum Gasteiger partial charge on any atom is -0.459 e. The number of carbonyl (C=O) groups is 2. The fourth-order valence-electron chi connectivity index (χ4n) is 2.22. The maximum atomic E-state index is 12.3. The summed E-state index contributed by atoms with van der Waals surface area (Å²) in [7, 11) is 0. The zero-order chi connectivity index (χ0) is 14.8. The minimum absolute atomic E-state index is 0.110. The number of furan rings is 1. The summed E-state index contributed by atoms with van der Waals surface area (Å²) in [6, 6.07) is 2.59. The Morgan fingerprint density at radius 3 is 2.80 bits per heavy atom. The minimum atomic E-state index is -0.596. The second-order valence-electron chi connectivity index (χ2n) is 5.54. The average Bonchev–Trinajstić information content (AvgIpc) is 2.90. The van der Waals surface area contributed by atoms with Gasteiger partial charge in [-0.3, -0.25) is 9.59 Å². The lowest BCUT2D eigenvalue weighted by atomic mass is 10.1. The summed E-state index contributed by atoms with van der Waals surface area (Å²) in [5, 5.41) is 2.64. The molecule has 0 bridgehead atoms. The third-order valence-corrected chi connectivity index (χ3v) is 3.20. The number of morpholine rings is 1. The van der Waals surface area contributed by atoms with Gasteiger partial charge in [0.15, 0.2) is 5.76 Å². The van der Waals surface area contributed by atoms with E-state index in [9.17, 15) is 9.59 Å². The van der Waals surface area contributed by atoms with Crippen molar-refractivity contribution in [2.24, 2.45) is 0 Å². The van der Waals surface area contributed by atoms with Crippen LogP contribution in [0.15, 0.2) is 22.8 Å². The number of rotatable bonds is 3. The molecule has 0 aliphatic carbocycles. The monoisotopic (exact) mass is 280 g/mol. The first-order valence-corrected chi connectivity index (χ1v) is 6.66. The van der Waals surface area contributed by atoms with Crippen LogP contribution in [0.2, 0.25) is 0 Å². The first kappa shape index (κ1) is 14.6. The third kappa shape index (κ3) is 3.39. The van der Waals surface area contributed by atoms with Crippen LogP contribution in [0.4, 0.5) is 0 Å². The highest BCUT2D eigenvalue weighted by atomic mass is 16.5. The summed E-state index contributed by atoms with van der Waals surface area (Å²) in [5.74, 6) is -0.295. The third-order valence-electron chi connectivity index (χ3n) is 3.20. The van der Waals surface area contributed by atoms with Crippen LogP contribution in [0.25, 0.3) is 0 Å². The molecule has 2 heterocycles. The van der Waals surface area contributed by atoms with Gasteiger partial charge >= 0.3 is 0 Å². The van der Waals surface area contributed by atoms with Crippen LogP contribution in [-0.2, 0) is 9.53 Å². The van der Waals surface area contributed by atoms with E-state index in [0.29, 0.717) is 19.7 Å². The zero-order valence-corrected chi connectivity index (χ0v) is 12.0. The lowest BCUT2D eigenvalue weighted by molar-refractivity contribution is -0.147. The number of hydrogen-bond acceptors (Lipinski definition) is 4. The van der Waals surface area contributed by atoms with E-state index in [-0.39, 0.29) is 23.2 Å². The van der Waals surface area contributed by atoms with Gasteiger partial charge in [-0.2, -0.15) is 0 Å². The summed E-state index contributed by atoms with van der Waals surface area (Å²) in [5.41, 5.74) is -0.349. The lowest BCUT2D eigenvalue weighted by Gasteiger charge is -2.39. The average molecular weight is 280 g/mol. The van der Waals surface area contributed by atoms with Crippen molar-refractivity contribution in [1.29, 1.82) is 0 Å². The van der Waals surface area contributed by atoms with Gasteiger partial charge in [0.25, 0.3) is 5.91 Å². The van der Waals surface area contributed by atoms with Gasteiger partial charge < -0.3 is 19.4 Å². The first-order valence-electron chi connectivity index (χ1n) is 6.66. The standard InChI is InChI=1S/C14H20N2O4/c1-10(15-12(17)11-5-4-7-19-11)13(18)16-6-8-20-14(2,3)9-16/h4-5,7,10H,6,8-9H2,1-3H3,(H,15,17). The molecule has 1 aliphatic heterocycles. The van der Waals surface area contributed by atoms with Crippen LogP contribution in [0.1, 0.15) is 31.3 Å². The highest BCUT2D eigenvalue weighted by Crippen LogP contribution is 2.17. The van der Waals surface area contributed by atoms with Gasteiger partial charge in [0.05, 0.1) is 18.5 Å². The molecule has 1 aromatic rings. The molecule has 110 valence electrons. The van der Waals surface area contributed by atoms with E-state index in [2.05, 4.69) is 5.32 Å². The van der Waals surface area contributed by atoms with E-state index >= 15 is 0 Å². The molecule has 1 aromatic heterocycles. The summed E-state index contributed by atoms with van der Waals surface area (Å²) >= 11 is 0. The topological polar surface area (TPSA) is 71.8 Å². The molecule has 0 radical (unpaired) electrons. The van der Waals surface area contributed by atoms with Crippen molar-refractivity contribution in [3.05, 3.63) is 24.2 Å². The Bertz CT molecular complexity index is 481. The molecule has 1 unspecified atom stereocenters. The SMILES string of the molecule is CC(NC(=O)c1ccco1)C(=O)N1CCOC(C)(C)C1. The molecular formula is C14H20N2O4. The highest BCUT2D eigenvalue weighted by molar-refractivity contribution is 5.95. The molecule has 0 saturated carbocycles. The van der Waals surface area contributed by atoms with Crippen LogP contribution in [0, 0.1) is 0 Å². The normalized spacial score (nSPS) is 19.4. The molecule has 1 aliphatic rings. The molecule has 0 spiro atoms. The van der Waals surface area contributed by atoms with Crippen LogP contribution < -0.4 is 5.32 Å². The molecule has 1 atom stereocenters. The van der Waals surface area contributed by atoms with E-state index in [1.165, 1.54) is 6.26 Å². The van der Waals surface area contributed by atoms with Crippen molar-refractivity contribution in [1.82, 2.24) is 10.2 Å². The van der Waals surface area contributed by atoms with Crippen molar-refractivity contribution in [2.75, 3.05) is 19.7 Å². The fourth-order valence-corrected chi connectivity index (χ4v) is 2.22. The lowest BCUT2D eigenvalue weighted by Crippen LogP contribution is -2.55. The van der Waals surface area contributed by atoms with Gasteiger partial charge in [-0.25, -0.2) is 0 Å². The van der Waals surface area contributed by atoms with Gasteiger partial charge in [-0.1, -0.05) is 0 Å². The Balaban J connectivity index is 1.93. The summed E-state index contributed by atoms with van der Waals surface area (Å²) in [4.78, 5) is 25.9. The summed E-state index contributed by atoms with van der Waals surface area (Å²) in [6.45, 7) is 7.14. The van der Waals surface area contributed by atoms with Crippen molar-refractivity contribution in [3.8, 4) is 0 Å². The molecular weight excluding hydrogens is 260 g/mol. The molecule has 20 heavy (non-hydrogen) atoms. The van der Waals surface area contributed by atoms with Crippen molar-refractivity contribution in [2.45, 2.75) is 32.4 Å². The second-order valence-corrected chi connectivity index (χ2v) is 5.54. The second kappa shape index (κ2) is 5.66. The highest BCUT2D eigenvalue weighted by Gasteiger charge is 2.32. The van der Waals surface area contributed by atoms with Crippen LogP contribution in [0.3, 0.4) is 0 Å². The van der Waals surface area contributed by atoms with Gasteiger partial charge in [0.2, 0.25) is 5.91 Å². The quantitative estimate of drug-likeness (QED) is 0.898.